The average Bonchev–Trinajstić information content (AvgIpc) is 2.68. The number of anilines is 1. The lowest BCUT2D eigenvalue weighted by atomic mass is 10.1. The fourth-order valence-corrected chi connectivity index (χ4v) is 2.40. The van der Waals surface area contributed by atoms with Gasteiger partial charge in [-0.25, -0.2) is 9.59 Å². The highest BCUT2D eigenvalue weighted by Crippen LogP contribution is 2.11. The molecule has 2 atom stereocenters. The van der Waals surface area contributed by atoms with Crippen LogP contribution in [0.1, 0.15) is 18.1 Å². The Balaban J connectivity index is 1.98. The number of nitriles is 1. The van der Waals surface area contributed by atoms with Crippen molar-refractivity contribution in [3.05, 3.63) is 65.7 Å². The number of hydrogen-bond donors (Lipinski definition) is 3. The molecule has 8 heteroatoms. The quantitative estimate of drug-likeness (QED) is 0.629. The van der Waals surface area contributed by atoms with Crippen LogP contribution in [0.15, 0.2) is 54.6 Å². The predicted octanol–water partition coefficient (Wildman–Crippen LogP) is 1.71. The first kappa shape index (κ1) is 20.5. The molecule has 2 aromatic rings. The topological polar surface area (TPSA) is 134 Å². The van der Waals surface area contributed by atoms with Gasteiger partial charge >= 0.3 is 12.0 Å². The van der Waals surface area contributed by atoms with E-state index >= 15 is 0 Å². The summed E-state index contributed by atoms with van der Waals surface area (Å²) in [6.45, 7) is 1.42. The molecule has 8 nitrogen and oxygen atoms in total. The number of carbonyl (C=O) groups is 3. The average molecular weight is 380 g/mol. The van der Waals surface area contributed by atoms with Gasteiger partial charge in [-0.15, -0.1) is 0 Å². The van der Waals surface area contributed by atoms with Crippen LogP contribution < -0.4 is 16.4 Å². The molecular weight excluding hydrogens is 360 g/mol. The van der Waals surface area contributed by atoms with Crippen LogP contribution >= 0.6 is 0 Å². The van der Waals surface area contributed by atoms with Gasteiger partial charge in [0.05, 0.1) is 11.6 Å². The Morgan fingerprint density at radius 2 is 1.75 bits per heavy atom. The molecule has 0 saturated heterocycles. The Hall–Kier alpha value is -3.86. The Bertz CT molecular complexity index is 875. The van der Waals surface area contributed by atoms with Gasteiger partial charge < -0.3 is 21.1 Å². The number of amides is 3. The Labute approximate surface area is 162 Å². The van der Waals surface area contributed by atoms with E-state index in [1.807, 2.05) is 12.1 Å². The van der Waals surface area contributed by atoms with Crippen LogP contribution in [0, 0.1) is 11.3 Å². The van der Waals surface area contributed by atoms with Crippen LogP contribution in [0.3, 0.4) is 0 Å². The van der Waals surface area contributed by atoms with E-state index in [2.05, 4.69) is 10.6 Å². The van der Waals surface area contributed by atoms with Crippen molar-refractivity contribution in [3.8, 4) is 6.07 Å². The van der Waals surface area contributed by atoms with E-state index in [1.54, 1.807) is 48.5 Å². The second kappa shape index (κ2) is 9.73. The lowest BCUT2D eigenvalue weighted by molar-refractivity contribution is -0.155. The zero-order chi connectivity index (χ0) is 20.5. The number of rotatable bonds is 7. The molecule has 4 N–H and O–H groups in total. The number of carbonyl (C=O) groups excluding carboxylic acids is 3. The SMILES string of the molecule is C[C@@H](OC(=O)[C@H](Cc1ccccc1)NC(N)=O)C(=O)Nc1ccc(C#N)cc1. The number of ether oxygens (including phenoxy) is 1. The van der Waals surface area contributed by atoms with Crippen molar-refractivity contribution in [2.45, 2.75) is 25.5 Å². The van der Waals surface area contributed by atoms with Crippen LogP contribution in [0.5, 0.6) is 0 Å². The van der Waals surface area contributed by atoms with E-state index < -0.39 is 30.1 Å². The van der Waals surface area contributed by atoms with E-state index in [0.717, 1.165) is 5.56 Å². The summed E-state index contributed by atoms with van der Waals surface area (Å²) < 4.78 is 5.19. The highest BCUT2D eigenvalue weighted by molar-refractivity contribution is 5.95. The van der Waals surface area contributed by atoms with Crippen molar-refractivity contribution in [1.29, 1.82) is 5.26 Å². The molecule has 0 bridgehead atoms. The number of primary amides is 1. The number of benzene rings is 2. The maximum Gasteiger partial charge on any atom is 0.329 e. The second-order valence-electron chi connectivity index (χ2n) is 6.01. The molecule has 0 spiro atoms. The number of nitrogens with zero attached hydrogens (tertiary/aromatic N) is 1. The Morgan fingerprint density at radius 3 is 2.32 bits per heavy atom. The van der Waals surface area contributed by atoms with E-state index in [1.165, 1.54) is 6.92 Å². The van der Waals surface area contributed by atoms with Crippen LogP contribution in [0.4, 0.5) is 10.5 Å². The minimum Gasteiger partial charge on any atom is -0.451 e. The molecule has 0 aliphatic heterocycles. The number of nitrogens with one attached hydrogen (secondary N) is 2. The van der Waals surface area contributed by atoms with E-state index in [0.29, 0.717) is 11.3 Å². The third-order valence-electron chi connectivity index (χ3n) is 3.83. The fraction of sp³-hybridized carbons (Fsp3) is 0.200. The second-order valence-corrected chi connectivity index (χ2v) is 6.01. The summed E-state index contributed by atoms with van der Waals surface area (Å²) in [7, 11) is 0. The third kappa shape index (κ3) is 6.14. The summed E-state index contributed by atoms with van der Waals surface area (Å²) in [5.41, 5.74) is 6.86. The first-order chi connectivity index (χ1) is 13.4. The molecule has 0 unspecified atom stereocenters. The van der Waals surface area contributed by atoms with E-state index in [4.69, 9.17) is 15.7 Å². The first-order valence-electron chi connectivity index (χ1n) is 8.50. The predicted molar refractivity (Wildman–Crippen MR) is 102 cm³/mol. The summed E-state index contributed by atoms with van der Waals surface area (Å²) in [5, 5.41) is 13.7. The van der Waals surface area contributed by atoms with Gasteiger partial charge in [0.1, 0.15) is 6.04 Å². The van der Waals surface area contributed by atoms with Gasteiger partial charge in [0.25, 0.3) is 5.91 Å². The van der Waals surface area contributed by atoms with Crippen molar-refractivity contribution in [1.82, 2.24) is 5.32 Å². The summed E-state index contributed by atoms with van der Waals surface area (Å²) in [5.74, 6) is -1.32. The molecule has 3 amide bonds. The van der Waals surface area contributed by atoms with Crippen molar-refractivity contribution < 1.29 is 19.1 Å². The number of nitrogens with two attached hydrogens (primary N) is 1. The van der Waals surface area contributed by atoms with Crippen LogP contribution in [0.25, 0.3) is 0 Å². The summed E-state index contributed by atoms with van der Waals surface area (Å²) in [6, 6.07) is 15.4. The Kier molecular flexibility index (Phi) is 7.11. The highest BCUT2D eigenvalue weighted by atomic mass is 16.5. The van der Waals surface area contributed by atoms with Crippen molar-refractivity contribution in [3.63, 3.8) is 0 Å². The maximum atomic E-state index is 12.4. The molecule has 0 radical (unpaired) electrons. The molecule has 0 aromatic heterocycles. The lowest BCUT2D eigenvalue weighted by Crippen LogP contribution is -2.47. The summed E-state index contributed by atoms with van der Waals surface area (Å²) >= 11 is 0. The molecular formula is C20H20N4O4. The van der Waals surface area contributed by atoms with Gasteiger partial charge in [0.15, 0.2) is 6.10 Å². The zero-order valence-electron chi connectivity index (χ0n) is 15.2. The molecule has 0 aliphatic rings. The van der Waals surface area contributed by atoms with Crippen LogP contribution in [-0.2, 0) is 20.7 Å². The van der Waals surface area contributed by atoms with Crippen LogP contribution in [-0.4, -0.2) is 30.1 Å². The zero-order valence-corrected chi connectivity index (χ0v) is 15.2. The lowest BCUT2D eigenvalue weighted by Gasteiger charge is -2.19. The smallest absolute Gasteiger partial charge is 0.329 e. The maximum absolute atomic E-state index is 12.4. The van der Waals surface area contributed by atoms with Gasteiger partial charge in [-0.2, -0.15) is 5.26 Å². The Morgan fingerprint density at radius 1 is 1.11 bits per heavy atom. The van der Waals surface area contributed by atoms with Gasteiger partial charge in [-0.1, -0.05) is 30.3 Å². The largest absolute Gasteiger partial charge is 0.451 e. The molecule has 0 fully saturated rings. The molecule has 2 aromatic carbocycles. The van der Waals surface area contributed by atoms with Gasteiger partial charge in [-0.3, -0.25) is 4.79 Å². The van der Waals surface area contributed by atoms with Crippen molar-refractivity contribution >= 4 is 23.6 Å². The number of esters is 1. The fourth-order valence-electron chi connectivity index (χ4n) is 2.40. The monoisotopic (exact) mass is 380 g/mol. The standard InChI is InChI=1S/C20H20N4O4/c1-13(18(25)23-16-9-7-15(12-21)8-10-16)28-19(26)17(24-20(22)27)11-14-5-3-2-4-6-14/h2-10,13,17H,11H2,1H3,(H,23,25)(H3,22,24,27)/t13-,17+/m1/s1. The molecule has 144 valence electrons. The molecule has 0 aliphatic carbocycles. The number of urea groups is 1. The van der Waals surface area contributed by atoms with Crippen LogP contribution in [0.2, 0.25) is 0 Å². The molecule has 0 saturated carbocycles. The number of hydrogen-bond acceptors (Lipinski definition) is 5. The van der Waals surface area contributed by atoms with Gasteiger partial charge in [0.2, 0.25) is 0 Å². The first-order valence-corrected chi connectivity index (χ1v) is 8.50. The van der Waals surface area contributed by atoms with Crippen molar-refractivity contribution in [2.24, 2.45) is 5.73 Å². The molecule has 2 rings (SSSR count). The summed E-state index contributed by atoms with van der Waals surface area (Å²) in [4.78, 5) is 35.9. The van der Waals surface area contributed by atoms with E-state index in [9.17, 15) is 14.4 Å². The minimum atomic E-state index is -1.10. The normalized spacial score (nSPS) is 12.1. The molecule has 0 heterocycles. The van der Waals surface area contributed by atoms with Crippen molar-refractivity contribution in [2.75, 3.05) is 5.32 Å². The summed E-state index contributed by atoms with van der Waals surface area (Å²) in [6.07, 6.45) is -0.928. The van der Waals surface area contributed by atoms with Gasteiger partial charge in [0, 0.05) is 12.1 Å². The third-order valence-corrected chi connectivity index (χ3v) is 3.83. The van der Waals surface area contributed by atoms with Gasteiger partial charge in [-0.05, 0) is 36.8 Å². The molecule has 28 heavy (non-hydrogen) atoms. The minimum absolute atomic E-state index is 0.173. The van der Waals surface area contributed by atoms with E-state index in [-0.39, 0.29) is 6.42 Å². The highest BCUT2D eigenvalue weighted by Gasteiger charge is 2.26.